The normalized spacial score (nSPS) is 20.6. The number of benzene rings is 2. The van der Waals surface area contributed by atoms with Crippen LogP contribution < -0.4 is 5.32 Å². The Morgan fingerprint density at radius 1 is 0.964 bits per heavy atom. The lowest BCUT2D eigenvalue weighted by atomic mass is 9.79. The Morgan fingerprint density at radius 3 is 2.04 bits per heavy atom. The Morgan fingerprint density at radius 2 is 1.54 bits per heavy atom. The van der Waals surface area contributed by atoms with Gasteiger partial charge in [-0.1, -0.05) is 67.6 Å². The second-order valence-corrected chi connectivity index (χ2v) is 8.51. The van der Waals surface area contributed by atoms with Crippen molar-refractivity contribution in [2.24, 2.45) is 10.8 Å². The van der Waals surface area contributed by atoms with E-state index < -0.39 is 17.4 Å². The number of carboxylic acid groups (broad SMARTS) is 1. The summed E-state index contributed by atoms with van der Waals surface area (Å²) >= 11 is 0. The van der Waals surface area contributed by atoms with E-state index in [4.69, 9.17) is 0 Å². The second kappa shape index (κ2) is 7.08. The zero-order valence-corrected chi connectivity index (χ0v) is 16.2. The first-order valence-electron chi connectivity index (χ1n) is 10.1. The van der Waals surface area contributed by atoms with Crippen LogP contribution in [0.25, 0.3) is 0 Å². The van der Waals surface area contributed by atoms with E-state index in [2.05, 4.69) is 17.4 Å². The second-order valence-electron chi connectivity index (χ2n) is 8.51. The number of rotatable bonds is 8. The molecule has 2 N–H and O–H groups in total. The summed E-state index contributed by atoms with van der Waals surface area (Å²) in [6.07, 6.45) is 4.70. The summed E-state index contributed by atoms with van der Waals surface area (Å²) in [5.74, 6) is -1.34. The van der Waals surface area contributed by atoms with Crippen molar-refractivity contribution in [1.82, 2.24) is 5.32 Å². The molecule has 28 heavy (non-hydrogen) atoms. The van der Waals surface area contributed by atoms with Gasteiger partial charge < -0.3 is 10.4 Å². The lowest BCUT2D eigenvalue weighted by Gasteiger charge is -2.29. The van der Waals surface area contributed by atoms with Crippen LogP contribution in [0.4, 0.5) is 0 Å². The van der Waals surface area contributed by atoms with Crippen LogP contribution in [0.5, 0.6) is 0 Å². The van der Waals surface area contributed by atoms with Crippen molar-refractivity contribution in [3.05, 3.63) is 71.8 Å². The van der Waals surface area contributed by atoms with Gasteiger partial charge in [0.25, 0.3) is 0 Å². The van der Waals surface area contributed by atoms with E-state index in [-0.39, 0.29) is 17.2 Å². The largest absolute Gasteiger partial charge is 0.480 e. The van der Waals surface area contributed by atoms with Gasteiger partial charge >= 0.3 is 5.97 Å². The van der Waals surface area contributed by atoms with Gasteiger partial charge in [-0.15, -0.1) is 0 Å². The number of amides is 1. The van der Waals surface area contributed by atoms with Crippen LogP contribution in [0.3, 0.4) is 0 Å². The molecule has 0 radical (unpaired) electrons. The molecule has 2 aliphatic rings. The summed E-state index contributed by atoms with van der Waals surface area (Å²) in [6.45, 7) is 1.87. The Kier molecular flexibility index (Phi) is 4.74. The first-order chi connectivity index (χ1) is 13.5. The van der Waals surface area contributed by atoms with Gasteiger partial charge in [-0.05, 0) is 48.6 Å². The summed E-state index contributed by atoms with van der Waals surface area (Å²) in [7, 11) is 0. The Hall–Kier alpha value is -2.62. The standard InChI is InChI=1S/C24H27NO3/c1-17(19-10-6-3-7-11-19)20(21(26)27)25-22(28)24(14-15-24)23(12-13-23)16-18-8-4-2-5-9-18/h2-11,17,20H,12-16H2,1H3,(H,25,28)(H,26,27). The summed E-state index contributed by atoms with van der Waals surface area (Å²) < 4.78 is 0. The van der Waals surface area contributed by atoms with Crippen LogP contribution >= 0.6 is 0 Å². The maximum absolute atomic E-state index is 13.3. The zero-order chi connectivity index (χ0) is 19.8. The molecule has 0 aromatic heterocycles. The number of carbonyl (C=O) groups is 2. The summed E-state index contributed by atoms with van der Waals surface area (Å²) in [5.41, 5.74) is 1.78. The fraction of sp³-hybridized carbons (Fsp3) is 0.417. The minimum atomic E-state index is -0.978. The fourth-order valence-electron chi connectivity index (χ4n) is 4.71. The maximum Gasteiger partial charge on any atom is 0.326 e. The molecule has 2 unspecified atom stereocenters. The third-order valence-electron chi connectivity index (χ3n) is 6.82. The summed E-state index contributed by atoms with van der Waals surface area (Å²) in [4.78, 5) is 25.2. The SMILES string of the molecule is CC(c1ccccc1)C(NC(=O)C1(C2(Cc3ccccc3)CC2)CC1)C(=O)O. The molecule has 2 saturated carbocycles. The van der Waals surface area contributed by atoms with Crippen LogP contribution in [-0.2, 0) is 16.0 Å². The minimum absolute atomic E-state index is 0.00250. The zero-order valence-electron chi connectivity index (χ0n) is 16.2. The van der Waals surface area contributed by atoms with Gasteiger partial charge in [0.05, 0.1) is 5.41 Å². The molecule has 4 rings (SSSR count). The molecule has 0 heterocycles. The van der Waals surface area contributed by atoms with Gasteiger partial charge in [-0.2, -0.15) is 0 Å². The topological polar surface area (TPSA) is 66.4 Å². The molecule has 0 aliphatic heterocycles. The minimum Gasteiger partial charge on any atom is -0.480 e. The maximum atomic E-state index is 13.3. The fourth-order valence-corrected chi connectivity index (χ4v) is 4.71. The first-order valence-corrected chi connectivity index (χ1v) is 10.1. The molecule has 0 bridgehead atoms. The molecular formula is C24H27NO3. The average molecular weight is 377 g/mol. The van der Waals surface area contributed by atoms with E-state index in [1.165, 1.54) is 5.56 Å². The van der Waals surface area contributed by atoms with Crippen molar-refractivity contribution in [3.63, 3.8) is 0 Å². The highest BCUT2D eigenvalue weighted by Gasteiger charge is 2.69. The number of nitrogens with one attached hydrogen (secondary N) is 1. The Balaban J connectivity index is 1.51. The van der Waals surface area contributed by atoms with Crippen LogP contribution in [0.15, 0.2) is 60.7 Å². The Bertz CT molecular complexity index is 854. The third-order valence-corrected chi connectivity index (χ3v) is 6.82. The van der Waals surface area contributed by atoms with E-state index >= 15 is 0 Å². The molecule has 2 atom stereocenters. The predicted octanol–water partition coefficient (Wildman–Crippen LogP) is 4.16. The highest BCUT2D eigenvalue weighted by atomic mass is 16.4. The van der Waals surface area contributed by atoms with Gasteiger partial charge in [0.2, 0.25) is 5.91 Å². The van der Waals surface area contributed by atoms with Gasteiger partial charge in [0, 0.05) is 5.92 Å². The molecule has 4 heteroatoms. The van der Waals surface area contributed by atoms with Crippen molar-refractivity contribution >= 4 is 11.9 Å². The van der Waals surface area contributed by atoms with Crippen LogP contribution in [0, 0.1) is 10.8 Å². The first kappa shape index (κ1) is 18.7. The van der Waals surface area contributed by atoms with Crippen LogP contribution in [-0.4, -0.2) is 23.0 Å². The van der Waals surface area contributed by atoms with Gasteiger partial charge in [0.15, 0.2) is 0 Å². The van der Waals surface area contributed by atoms with Crippen molar-refractivity contribution in [3.8, 4) is 0 Å². The summed E-state index contributed by atoms with van der Waals surface area (Å²) in [5, 5.41) is 12.7. The van der Waals surface area contributed by atoms with Gasteiger partial charge in [0.1, 0.15) is 6.04 Å². The molecule has 4 nitrogen and oxygen atoms in total. The quantitative estimate of drug-likeness (QED) is 0.726. The van der Waals surface area contributed by atoms with E-state index in [9.17, 15) is 14.7 Å². The third kappa shape index (κ3) is 3.32. The van der Waals surface area contributed by atoms with Crippen LogP contribution in [0.1, 0.15) is 49.7 Å². The molecule has 2 aliphatic carbocycles. The van der Waals surface area contributed by atoms with Crippen molar-refractivity contribution in [1.29, 1.82) is 0 Å². The van der Waals surface area contributed by atoms with E-state index in [0.29, 0.717) is 0 Å². The predicted molar refractivity (Wildman–Crippen MR) is 108 cm³/mol. The van der Waals surface area contributed by atoms with E-state index in [1.54, 1.807) is 0 Å². The lowest BCUT2D eigenvalue weighted by molar-refractivity contribution is -0.144. The molecule has 1 amide bonds. The number of aliphatic carboxylic acids is 1. The summed E-state index contributed by atoms with van der Waals surface area (Å²) in [6, 6.07) is 18.9. The lowest BCUT2D eigenvalue weighted by Crippen LogP contribution is -2.49. The van der Waals surface area contributed by atoms with Crippen molar-refractivity contribution in [2.75, 3.05) is 0 Å². The van der Waals surface area contributed by atoms with Gasteiger partial charge in [-0.3, -0.25) is 4.79 Å². The number of carbonyl (C=O) groups excluding carboxylic acids is 1. The molecule has 2 aromatic rings. The molecule has 0 saturated heterocycles. The number of hydrogen-bond acceptors (Lipinski definition) is 2. The monoisotopic (exact) mass is 377 g/mol. The molecule has 146 valence electrons. The van der Waals surface area contributed by atoms with Crippen LogP contribution in [0.2, 0.25) is 0 Å². The highest BCUT2D eigenvalue weighted by Crippen LogP contribution is 2.71. The molecule has 0 spiro atoms. The average Bonchev–Trinajstić information content (AvgIpc) is 3.61. The molecular weight excluding hydrogens is 350 g/mol. The van der Waals surface area contributed by atoms with Crippen molar-refractivity contribution in [2.45, 2.75) is 51.0 Å². The number of hydrogen-bond donors (Lipinski definition) is 2. The smallest absolute Gasteiger partial charge is 0.326 e. The Labute approximate surface area is 166 Å². The van der Waals surface area contributed by atoms with Gasteiger partial charge in [-0.25, -0.2) is 4.79 Å². The molecule has 2 fully saturated rings. The van der Waals surface area contributed by atoms with E-state index in [1.807, 2.05) is 55.5 Å². The van der Waals surface area contributed by atoms with Crippen molar-refractivity contribution < 1.29 is 14.7 Å². The number of carboxylic acids is 1. The highest BCUT2D eigenvalue weighted by molar-refractivity contribution is 5.91. The van der Waals surface area contributed by atoms with E-state index in [0.717, 1.165) is 37.7 Å². The molecule has 2 aromatic carbocycles.